The summed E-state index contributed by atoms with van der Waals surface area (Å²) in [7, 11) is 0. The second-order valence-corrected chi connectivity index (χ2v) is 3.98. The minimum atomic E-state index is -1.02. The van der Waals surface area contributed by atoms with E-state index in [1.54, 1.807) is 12.3 Å². The normalized spacial score (nSPS) is 12.9. The van der Waals surface area contributed by atoms with Crippen LogP contribution in [0.15, 0.2) is 12.3 Å². The molecule has 0 fully saturated rings. The number of carbonyl (C=O) groups is 1. The van der Waals surface area contributed by atoms with E-state index in [9.17, 15) is 4.79 Å². The first-order valence-corrected chi connectivity index (χ1v) is 5.28. The molecule has 17 heavy (non-hydrogen) atoms. The van der Waals surface area contributed by atoms with Crippen molar-refractivity contribution in [2.75, 3.05) is 0 Å². The zero-order chi connectivity index (χ0) is 12.6. The molecule has 2 aromatic rings. The fraction of sp³-hybridized carbons (Fsp3) is 0.364. The van der Waals surface area contributed by atoms with Crippen molar-refractivity contribution in [1.82, 2.24) is 14.4 Å². The number of hydrogen-bond acceptors (Lipinski definition) is 4. The lowest BCUT2D eigenvalue weighted by atomic mass is 10.1. The molecular weight excluding hydrogens is 220 g/mol. The van der Waals surface area contributed by atoms with E-state index in [4.69, 9.17) is 10.8 Å². The molecule has 0 amide bonds. The first kappa shape index (κ1) is 11.5. The summed E-state index contributed by atoms with van der Waals surface area (Å²) in [5.74, 6) is -0.195. The van der Waals surface area contributed by atoms with Gasteiger partial charge in [-0.05, 0) is 19.9 Å². The topological polar surface area (TPSA) is 93.5 Å². The van der Waals surface area contributed by atoms with Gasteiger partial charge in [0.25, 0.3) is 0 Å². The van der Waals surface area contributed by atoms with Crippen molar-refractivity contribution in [3.05, 3.63) is 29.5 Å². The molecule has 1 atom stereocenters. The van der Waals surface area contributed by atoms with Crippen LogP contribution in [0.25, 0.3) is 5.65 Å². The highest BCUT2D eigenvalue weighted by atomic mass is 16.4. The third-order valence-corrected chi connectivity index (χ3v) is 2.77. The molecule has 0 radical (unpaired) electrons. The number of fused-ring (bicyclic) bond motifs is 1. The highest BCUT2D eigenvalue weighted by molar-refractivity contribution is 5.73. The molecule has 6 nitrogen and oxygen atoms in total. The average Bonchev–Trinajstić information content (AvgIpc) is 2.57. The molecule has 0 saturated carbocycles. The number of imidazole rings is 1. The standard InChI is InChI=1S/C11H14N4O2/c1-6-9(5-8(12)11(16)17)14-10-3-4-13-7(2)15(6)10/h3-4,8H,5,12H2,1-2H3,(H,16,17). The van der Waals surface area contributed by atoms with Crippen molar-refractivity contribution in [3.8, 4) is 0 Å². The number of aryl methyl sites for hydroxylation is 2. The van der Waals surface area contributed by atoms with Crippen LogP contribution in [0, 0.1) is 13.8 Å². The van der Waals surface area contributed by atoms with Gasteiger partial charge in [0.1, 0.15) is 17.5 Å². The predicted molar refractivity (Wildman–Crippen MR) is 61.8 cm³/mol. The molecule has 2 rings (SSSR count). The second kappa shape index (κ2) is 4.14. The smallest absolute Gasteiger partial charge is 0.320 e. The zero-order valence-corrected chi connectivity index (χ0v) is 9.71. The Balaban J connectivity index is 2.46. The Labute approximate surface area is 98.1 Å². The lowest BCUT2D eigenvalue weighted by molar-refractivity contribution is -0.138. The number of nitrogens with two attached hydrogens (primary N) is 1. The van der Waals surface area contributed by atoms with Crippen molar-refractivity contribution in [2.24, 2.45) is 5.73 Å². The van der Waals surface area contributed by atoms with Gasteiger partial charge in [-0.2, -0.15) is 0 Å². The van der Waals surface area contributed by atoms with E-state index < -0.39 is 12.0 Å². The van der Waals surface area contributed by atoms with Crippen molar-refractivity contribution in [1.29, 1.82) is 0 Å². The maximum Gasteiger partial charge on any atom is 0.320 e. The summed E-state index contributed by atoms with van der Waals surface area (Å²) >= 11 is 0. The molecule has 2 aromatic heterocycles. The fourth-order valence-corrected chi connectivity index (χ4v) is 1.85. The van der Waals surface area contributed by atoms with Gasteiger partial charge in [0.05, 0.1) is 5.69 Å². The van der Waals surface area contributed by atoms with Crippen LogP contribution in [0.3, 0.4) is 0 Å². The van der Waals surface area contributed by atoms with E-state index in [1.165, 1.54) is 0 Å². The van der Waals surface area contributed by atoms with Crippen LogP contribution in [0.5, 0.6) is 0 Å². The van der Waals surface area contributed by atoms with Gasteiger partial charge < -0.3 is 10.8 Å². The highest BCUT2D eigenvalue weighted by Gasteiger charge is 2.17. The fourth-order valence-electron chi connectivity index (χ4n) is 1.85. The summed E-state index contributed by atoms with van der Waals surface area (Å²) in [5.41, 5.74) is 7.87. The highest BCUT2D eigenvalue weighted by Crippen LogP contribution is 2.14. The average molecular weight is 234 g/mol. The molecule has 0 bridgehead atoms. The van der Waals surface area contributed by atoms with E-state index in [0.29, 0.717) is 5.69 Å². The van der Waals surface area contributed by atoms with Crippen molar-refractivity contribution < 1.29 is 9.90 Å². The van der Waals surface area contributed by atoms with Gasteiger partial charge in [0.15, 0.2) is 0 Å². The molecule has 0 aliphatic heterocycles. The monoisotopic (exact) mass is 234 g/mol. The summed E-state index contributed by atoms with van der Waals surface area (Å²) < 4.78 is 1.89. The molecule has 3 N–H and O–H groups in total. The van der Waals surface area contributed by atoms with E-state index in [1.807, 2.05) is 18.2 Å². The van der Waals surface area contributed by atoms with Crippen molar-refractivity contribution in [3.63, 3.8) is 0 Å². The summed E-state index contributed by atoms with van der Waals surface area (Å²) in [5, 5.41) is 8.79. The van der Waals surface area contributed by atoms with Crippen LogP contribution >= 0.6 is 0 Å². The van der Waals surface area contributed by atoms with Crippen LogP contribution < -0.4 is 5.73 Å². The Kier molecular flexibility index (Phi) is 2.81. The van der Waals surface area contributed by atoms with Gasteiger partial charge in [0.2, 0.25) is 0 Å². The first-order valence-electron chi connectivity index (χ1n) is 5.28. The lowest BCUT2D eigenvalue weighted by Gasteiger charge is -2.04. The van der Waals surface area contributed by atoms with Gasteiger partial charge >= 0.3 is 5.97 Å². The largest absolute Gasteiger partial charge is 0.480 e. The molecular formula is C11H14N4O2. The number of aliphatic carboxylic acids is 1. The molecule has 0 aromatic carbocycles. The van der Waals surface area contributed by atoms with Crippen LogP contribution in [-0.2, 0) is 11.2 Å². The molecule has 0 aliphatic rings. The second-order valence-electron chi connectivity index (χ2n) is 3.98. The summed E-state index contributed by atoms with van der Waals surface area (Å²) in [4.78, 5) is 19.3. The van der Waals surface area contributed by atoms with Crippen LogP contribution in [-0.4, -0.2) is 31.5 Å². The van der Waals surface area contributed by atoms with Crippen LogP contribution in [0.1, 0.15) is 17.2 Å². The Morgan fingerprint density at radius 3 is 2.88 bits per heavy atom. The first-order chi connectivity index (χ1) is 8.00. The van der Waals surface area contributed by atoms with Gasteiger partial charge in [-0.1, -0.05) is 0 Å². The maximum absolute atomic E-state index is 10.7. The Morgan fingerprint density at radius 1 is 1.59 bits per heavy atom. The Bertz CT molecular complexity index is 576. The summed E-state index contributed by atoms with van der Waals surface area (Å²) in [6, 6.07) is 0.863. The third-order valence-electron chi connectivity index (χ3n) is 2.77. The van der Waals surface area contributed by atoms with Crippen LogP contribution in [0.4, 0.5) is 0 Å². The van der Waals surface area contributed by atoms with Crippen LogP contribution in [0.2, 0.25) is 0 Å². The predicted octanol–water partition coefficient (Wildman–Crippen LogP) is 0.301. The number of aromatic nitrogens is 3. The van der Waals surface area contributed by atoms with E-state index >= 15 is 0 Å². The molecule has 1 unspecified atom stereocenters. The number of carboxylic acid groups (broad SMARTS) is 1. The van der Waals surface area contributed by atoms with Crippen molar-refractivity contribution >= 4 is 11.6 Å². The lowest BCUT2D eigenvalue weighted by Crippen LogP contribution is -2.32. The molecule has 90 valence electrons. The maximum atomic E-state index is 10.7. The summed E-state index contributed by atoms with van der Waals surface area (Å²) in [6.45, 7) is 3.77. The molecule has 2 heterocycles. The van der Waals surface area contributed by atoms with Gasteiger partial charge in [-0.15, -0.1) is 0 Å². The van der Waals surface area contributed by atoms with Crippen molar-refractivity contribution in [2.45, 2.75) is 26.3 Å². The quantitative estimate of drug-likeness (QED) is 0.796. The molecule has 0 saturated heterocycles. The minimum absolute atomic E-state index is 0.224. The number of carboxylic acids is 1. The SMILES string of the molecule is Cc1nccc2nc(CC(N)C(=O)O)c(C)n12. The van der Waals surface area contributed by atoms with Gasteiger partial charge in [-0.25, -0.2) is 9.97 Å². The number of rotatable bonds is 3. The Morgan fingerprint density at radius 2 is 2.29 bits per heavy atom. The summed E-state index contributed by atoms with van der Waals surface area (Å²) in [6.07, 6.45) is 1.90. The number of hydrogen-bond donors (Lipinski definition) is 2. The van der Waals surface area contributed by atoms with Gasteiger partial charge in [-0.3, -0.25) is 9.20 Å². The van der Waals surface area contributed by atoms with Gasteiger partial charge in [0, 0.05) is 18.3 Å². The zero-order valence-electron chi connectivity index (χ0n) is 9.71. The van der Waals surface area contributed by atoms with E-state index in [0.717, 1.165) is 17.2 Å². The Hall–Kier alpha value is -1.95. The minimum Gasteiger partial charge on any atom is -0.480 e. The number of nitrogens with zero attached hydrogens (tertiary/aromatic N) is 3. The third kappa shape index (κ3) is 1.99. The van der Waals surface area contributed by atoms with E-state index in [2.05, 4.69) is 9.97 Å². The molecule has 0 spiro atoms. The molecule has 6 heteroatoms. The van der Waals surface area contributed by atoms with E-state index in [-0.39, 0.29) is 6.42 Å². The molecule has 0 aliphatic carbocycles.